The van der Waals surface area contributed by atoms with Gasteiger partial charge in [0.1, 0.15) is 6.10 Å². The molecule has 1 fully saturated rings. The topological polar surface area (TPSA) is 30.5 Å². The quantitative estimate of drug-likeness (QED) is 0.858. The van der Waals surface area contributed by atoms with Crippen LogP contribution in [0.3, 0.4) is 0 Å². The van der Waals surface area contributed by atoms with Crippen molar-refractivity contribution in [2.24, 2.45) is 0 Å². The Morgan fingerprint density at radius 2 is 2.18 bits per heavy atom. The SMILES string of the molecule is CCNC1c2ccccc2CC1OC1COC1. The van der Waals surface area contributed by atoms with Crippen molar-refractivity contribution in [1.29, 1.82) is 0 Å². The summed E-state index contributed by atoms with van der Waals surface area (Å²) in [5.74, 6) is 0. The third-order valence-electron chi connectivity index (χ3n) is 3.58. The third-order valence-corrected chi connectivity index (χ3v) is 3.58. The van der Waals surface area contributed by atoms with Crippen molar-refractivity contribution in [3.8, 4) is 0 Å². The molecule has 1 heterocycles. The molecule has 2 unspecified atom stereocenters. The van der Waals surface area contributed by atoms with E-state index in [1.165, 1.54) is 11.1 Å². The smallest absolute Gasteiger partial charge is 0.105 e. The summed E-state index contributed by atoms with van der Waals surface area (Å²) in [5.41, 5.74) is 2.82. The second-order valence-corrected chi connectivity index (χ2v) is 4.77. The van der Waals surface area contributed by atoms with E-state index < -0.39 is 0 Å². The highest BCUT2D eigenvalue weighted by Crippen LogP contribution is 2.34. The van der Waals surface area contributed by atoms with Gasteiger partial charge in [-0.1, -0.05) is 31.2 Å². The molecule has 2 atom stereocenters. The lowest BCUT2D eigenvalue weighted by Crippen LogP contribution is -2.42. The van der Waals surface area contributed by atoms with E-state index in [-0.39, 0.29) is 6.10 Å². The standard InChI is InChI=1S/C14H19NO2/c1-2-15-14-12-6-4-3-5-10(12)7-13(14)17-11-8-16-9-11/h3-6,11,13-15H,2,7-9H2,1H3. The predicted molar refractivity (Wildman–Crippen MR) is 66.0 cm³/mol. The van der Waals surface area contributed by atoms with Gasteiger partial charge < -0.3 is 14.8 Å². The van der Waals surface area contributed by atoms with E-state index in [9.17, 15) is 0 Å². The maximum atomic E-state index is 6.11. The molecule has 3 rings (SSSR count). The fourth-order valence-corrected chi connectivity index (χ4v) is 2.69. The molecule has 0 spiro atoms. The van der Waals surface area contributed by atoms with Crippen molar-refractivity contribution < 1.29 is 9.47 Å². The van der Waals surface area contributed by atoms with E-state index in [1.807, 2.05) is 0 Å². The van der Waals surface area contributed by atoms with Crippen LogP contribution in [0.5, 0.6) is 0 Å². The fraction of sp³-hybridized carbons (Fsp3) is 0.571. The summed E-state index contributed by atoms with van der Waals surface area (Å²) in [6, 6.07) is 8.98. The molecule has 1 aromatic rings. The van der Waals surface area contributed by atoms with Gasteiger partial charge in [-0.15, -0.1) is 0 Å². The van der Waals surface area contributed by atoms with Crippen LogP contribution >= 0.6 is 0 Å². The first kappa shape index (κ1) is 11.2. The van der Waals surface area contributed by atoms with Gasteiger partial charge in [-0.25, -0.2) is 0 Å². The van der Waals surface area contributed by atoms with Gasteiger partial charge in [0, 0.05) is 6.42 Å². The predicted octanol–water partition coefficient (Wildman–Crippen LogP) is 1.68. The minimum atomic E-state index is 0.265. The van der Waals surface area contributed by atoms with Crippen molar-refractivity contribution in [1.82, 2.24) is 5.32 Å². The van der Waals surface area contributed by atoms with Crippen LogP contribution in [0, 0.1) is 0 Å². The zero-order valence-electron chi connectivity index (χ0n) is 10.2. The second kappa shape index (κ2) is 4.77. The van der Waals surface area contributed by atoms with Gasteiger partial charge in [0.25, 0.3) is 0 Å². The molecule has 0 aromatic heterocycles. The van der Waals surface area contributed by atoms with Crippen LogP contribution in [-0.4, -0.2) is 32.0 Å². The van der Waals surface area contributed by atoms with Crippen LogP contribution < -0.4 is 5.32 Å². The largest absolute Gasteiger partial charge is 0.376 e. The summed E-state index contributed by atoms with van der Waals surface area (Å²) in [5, 5.41) is 3.54. The Hall–Kier alpha value is -0.900. The maximum Gasteiger partial charge on any atom is 0.105 e. The molecule has 17 heavy (non-hydrogen) atoms. The van der Waals surface area contributed by atoms with E-state index in [4.69, 9.17) is 9.47 Å². The van der Waals surface area contributed by atoms with Gasteiger partial charge in [-0.2, -0.15) is 0 Å². The van der Waals surface area contributed by atoms with Crippen LogP contribution in [0.15, 0.2) is 24.3 Å². The molecule has 3 nitrogen and oxygen atoms in total. The Balaban J connectivity index is 1.76. The van der Waals surface area contributed by atoms with Gasteiger partial charge in [0.15, 0.2) is 0 Å². The summed E-state index contributed by atoms with van der Waals surface area (Å²) < 4.78 is 11.3. The summed E-state index contributed by atoms with van der Waals surface area (Å²) in [6.07, 6.45) is 1.58. The van der Waals surface area contributed by atoms with Gasteiger partial charge in [0.2, 0.25) is 0 Å². The molecule has 3 heteroatoms. The van der Waals surface area contributed by atoms with E-state index in [0.717, 1.165) is 26.2 Å². The number of fused-ring (bicyclic) bond motifs is 1. The molecule has 0 saturated carbocycles. The van der Waals surface area contributed by atoms with E-state index >= 15 is 0 Å². The summed E-state index contributed by atoms with van der Waals surface area (Å²) in [4.78, 5) is 0. The van der Waals surface area contributed by atoms with Crippen molar-refractivity contribution in [3.63, 3.8) is 0 Å². The summed E-state index contributed by atoms with van der Waals surface area (Å²) in [6.45, 7) is 4.63. The van der Waals surface area contributed by atoms with Crippen LogP contribution in [0.2, 0.25) is 0 Å². The minimum Gasteiger partial charge on any atom is -0.376 e. The summed E-state index contributed by atoms with van der Waals surface area (Å²) in [7, 11) is 0. The zero-order chi connectivity index (χ0) is 11.7. The van der Waals surface area contributed by atoms with Crippen molar-refractivity contribution in [2.45, 2.75) is 31.6 Å². The number of hydrogen-bond acceptors (Lipinski definition) is 3. The molecule has 2 aliphatic rings. The van der Waals surface area contributed by atoms with Gasteiger partial charge in [-0.3, -0.25) is 0 Å². The second-order valence-electron chi connectivity index (χ2n) is 4.77. The van der Waals surface area contributed by atoms with Crippen molar-refractivity contribution >= 4 is 0 Å². The van der Waals surface area contributed by atoms with Gasteiger partial charge >= 0.3 is 0 Å². The summed E-state index contributed by atoms with van der Waals surface area (Å²) >= 11 is 0. The van der Waals surface area contributed by atoms with E-state index in [0.29, 0.717) is 12.1 Å². The van der Waals surface area contributed by atoms with Gasteiger partial charge in [0.05, 0.1) is 25.4 Å². The molecule has 92 valence electrons. The number of likely N-dealkylation sites (N-methyl/N-ethyl adjacent to an activating group) is 1. The lowest BCUT2D eigenvalue weighted by Gasteiger charge is -2.31. The first-order chi connectivity index (χ1) is 8.38. The van der Waals surface area contributed by atoms with E-state index in [1.54, 1.807) is 0 Å². The minimum absolute atomic E-state index is 0.265. The first-order valence-electron chi connectivity index (χ1n) is 6.43. The lowest BCUT2D eigenvalue weighted by molar-refractivity contribution is -0.158. The molecule has 1 saturated heterocycles. The highest BCUT2D eigenvalue weighted by Gasteiger charge is 2.35. The monoisotopic (exact) mass is 233 g/mol. The maximum absolute atomic E-state index is 6.11. The fourth-order valence-electron chi connectivity index (χ4n) is 2.69. The normalized spacial score (nSPS) is 27.8. The van der Waals surface area contributed by atoms with Crippen LogP contribution in [0.1, 0.15) is 24.1 Å². The third kappa shape index (κ3) is 2.10. The number of nitrogens with one attached hydrogen (secondary N) is 1. The van der Waals surface area contributed by atoms with Crippen LogP contribution in [0.4, 0.5) is 0 Å². The Morgan fingerprint density at radius 3 is 2.88 bits per heavy atom. The highest BCUT2D eigenvalue weighted by atomic mass is 16.6. The Bertz CT molecular complexity index is 390. The Morgan fingerprint density at radius 1 is 1.35 bits per heavy atom. The molecule has 1 N–H and O–H groups in total. The molecule has 1 aliphatic heterocycles. The molecule has 1 aromatic carbocycles. The average Bonchev–Trinajstić information content (AvgIpc) is 2.63. The molecule has 1 aliphatic carbocycles. The molecular weight excluding hydrogens is 214 g/mol. The van der Waals surface area contributed by atoms with Crippen molar-refractivity contribution in [3.05, 3.63) is 35.4 Å². The Labute approximate surface area is 102 Å². The molecular formula is C14H19NO2. The lowest BCUT2D eigenvalue weighted by atomic mass is 10.1. The number of hydrogen-bond donors (Lipinski definition) is 1. The van der Waals surface area contributed by atoms with Gasteiger partial charge in [-0.05, 0) is 17.7 Å². The molecule has 0 bridgehead atoms. The van der Waals surface area contributed by atoms with Crippen LogP contribution in [-0.2, 0) is 15.9 Å². The average molecular weight is 233 g/mol. The highest BCUT2D eigenvalue weighted by molar-refractivity contribution is 5.36. The number of benzene rings is 1. The van der Waals surface area contributed by atoms with Crippen LogP contribution in [0.25, 0.3) is 0 Å². The zero-order valence-corrected chi connectivity index (χ0v) is 10.2. The molecule has 0 amide bonds. The number of ether oxygens (including phenoxy) is 2. The van der Waals surface area contributed by atoms with Crippen molar-refractivity contribution in [2.75, 3.05) is 19.8 Å². The Kier molecular flexibility index (Phi) is 3.14. The molecule has 0 radical (unpaired) electrons. The van der Waals surface area contributed by atoms with E-state index in [2.05, 4.69) is 36.5 Å². The first-order valence-corrected chi connectivity index (χ1v) is 6.43. The number of rotatable bonds is 4.